The topological polar surface area (TPSA) is 45.7 Å². The van der Waals surface area contributed by atoms with Crippen molar-refractivity contribution in [2.24, 2.45) is 0 Å². The highest BCUT2D eigenvalue weighted by Crippen LogP contribution is 2.23. The maximum atomic E-state index is 12.9. The van der Waals surface area contributed by atoms with Gasteiger partial charge in [-0.2, -0.15) is 0 Å². The molecule has 1 aliphatic rings. The fourth-order valence-electron chi connectivity index (χ4n) is 3.25. The van der Waals surface area contributed by atoms with Crippen molar-refractivity contribution < 1.29 is 9.53 Å². The molecule has 25 heavy (non-hydrogen) atoms. The van der Waals surface area contributed by atoms with Crippen molar-refractivity contribution in [2.45, 2.75) is 25.3 Å². The molecular formula is C20H25N3O2. The number of amides is 1. The molecule has 132 valence electrons. The lowest BCUT2D eigenvalue weighted by Gasteiger charge is -2.37. The molecule has 1 aliphatic heterocycles. The second-order valence-electron chi connectivity index (χ2n) is 6.73. The van der Waals surface area contributed by atoms with Crippen LogP contribution in [0.1, 0.15) is 29.6 Å². The first-order valence-corrected chi connectivity index (χ1v) is 8.77. The Kier molecular flexibility index (Phi) is 5.66. The predicted octanol–water partition coefficient (Wildman–Crippen LogP) is 3.43. The third kappa shape index (κ3) is 4.57. The summed E-state index contributed by atoms with van der Waals surface area (Å²) in [5.41, 5.74) is 0.712. The molecule has 1 aromatic heterocycles. The van der Waals surface area contributed by atoms with Crippen molar-refractivity contribution in [2.75, 3.05) is 27.2 Å². The summed E-state index contributed by atoms with van der Waals surface area (Å²) < 4.78 is 5.74. The number of benzene rings is 1. The maximum Gasteiger partial charge on any atom is 0.254 e. The van der Waals surface area contributed by atoms with Gasteiger partial charge in [-0.1, -0.05) is 0 Å². The zero-order chi connectivity index (χ0) is 17.6. The number of likely N-dealkylation sites (tertiary alicyclic amines) is 1. The number of aromatic nitrogens is 1. The minimum Gasteiger partial charge on any atom is -0.456 e. The summed E-state index contributed by atoms with van der Waals surface area (Å²) in [5.74, 6) is 1.50. The largest absolute Gasteiger partial charge is 0.456 e. The molecule has 1 amide bonds. The number of ether oxygens (including phenoxy) is 1. The van der Waals surface area contributed by atoms with Crippen molar-refractivity contribution in [3.63, 3.8) is 0 Å². The number of piperidine rings is 1. The molecule has 0 radical (unpaired) electrons. The molecule has 0 spiro atoms. The van der Waals surface area contributed by atoms with E-state index >= 15 is 0 Å². The van der Waals surface area contributed by atoms with Crippen LogP contribution in [0.5, 0.6) is 11.5 Å². The number of hydrogen-bond donors (Lipinski definition) is 0. The Hall–Kier alpha value is -2.40. The van der Waals surface area contributed by atoms with Gasteiger partial charge in [-0.15, -0.1) is 0 Å². The van der Waals surface area contributed by atoms with E-state index in [9.17, 15) is 4.79 Å². The summed E-state index contributed by atoms with van der Waals surface area (Å²) >= 11 is 0. The molecular weight excluding hydrogens is 314 g/mol. The third-order valence-electron chi connectivity index (χ3n) is 4.44. The van der Waals surface area contributed by atoms with Crippen LogP contribution in [0.25, 0.3) is 0 Å². The van der Waals surface area contributed by atoms with Gasteiger partial charge in [-0.3, -0.25) is 9.78 Å². The van der Waals surface area contributed by atoms with Crippen molar-refractivity contribution in [3.05, 3.63) is 54.4 Å². The number of nitrogens with zero attached hydrogens (tertiary/aromatic N) is 3. The summed E-state index contributed by atoms with van der Waals surface area (Å²) in [6, 6.07) is 11.3. The van der Waals surface area contributed by atoms with Gasteiger partial charge >= 0.3 is 0 Å². The summed E-state index contributed by atoms with van der Waals surface area (Å²) in [4.78, 5) is 21.1. The third-order valence-corrected chi connectivity index (χ3v) is 4.44. The number of rotatable bonds is 5. The van der Waals surface area contributed by atoms with Gasteiger partial charge in [0, 0.05) is 30.9 Å². The van der Waals surface area contributed by atoms with Gasteiger partial charge in [0.15, 0.2) is 0 Å². The number of pyridine rings is 1. The van der Waals surface area contributed by atoms with Gasteiger partial charge in [0.2, 0.25) is 0 Å². The van der Waals surface area contributed by atoms with E-state index in [2.05, 4.69) is 24.0 Å². The summed E-state index contributed by atoms with van der Waals surface area (Å²) in [7, 11) is 4.11. The van der Waals surface area contributed by atoms with Gasteiger partial charge in [-0.25, -0.2) is 0 Å². The summed E-state index contributed by atoms with van der Waals surface area (Å²) in [5, 5.41) is 0. The van der Waals surface area contributed by atoms with E-state index in [1.165, 1.54) is 6.42 Å². The van der Waals surface area contributed by atoms with Crippen molar-refractivity contribution in [1.82, 2.24) is 14.8 Å². The molecule has 5 heteroatoms. The Bertz CT molecular complexity index is 686. The van der Waals surface area contributed by atoms with Crippen LogP contribution in [0.3, 0.4) is 0 Å². The van der Waals surface area contributed by atoms with Gasteiger partial charge in [-0.05, 0) is 69.8 Å². The first-order valence-electron chi connectivity index (χ1n) is 8.77. The molecule has 1 aromatic carbocycles. The highest BCUT2D eigenvalue weighted by molar-refractivity contribution is 5.94. The van der Waals surface area contributed by atoms with Crippen LogP contribution < -0.4 is 4.74 Å². The first kappa shape index (κ1) is 17.4. The molecule has 1 fully saturated rings. The minimum absolute atomic E-state index is 0.111. The van der Waals surface area contributed by atoms with Crippen LogP contribution in [0.2, 0.25) is 0 Å². The number of carbonyl (C=O) groups excluding carboxylic acids is 1. The molecule has 1 atom stereocenters. The SMILES string of the molecule is CN(C)C[C@@H]1CCCCN1C(=O)c1ccc(Oc2cccnc2)cc1. The second-order valence-corrected chi connectivity index (χ2v) is 6.73. The standard InChI is InChI=1S/C20H25N3O2/c1-22(2)15-17-6-3-4-13-23(17)20(24)16-8-10-18(11-9-16)25-19-7-5-12-21-14-19/h5,7-12,14,17H,3-4,6,13,15H2,1-2H3/t17-/m0/s1. The Morgan fingerprint density at radius 1 is 1.20 bits per heavy atom. The number of hydrogen-bond acceptors (Lipinski definition) is 4. The zero-order valence-electron chi connectivity index (χ0n) is 14.9. The van der Waals surface area contributed by atoms with Crippen LogP contribution in [0.4, 0.5) is 0 Å². The van der Waals surface area contributed by atoms with E-state index in [1.54, 1.807) is 12.4 Å². The molecule has 0 saturated carbocycles. The lowest BCUT2D eigenvalue weighted by atomic mass is 10.0. The van der Waals surface area contributed by atoms with E-state index in [-0.39, 0.29) is 5.91 Å². The Labute approximate surface area is 149 Å². The fourth-order valence-corrected chi connectivity index (χ4v) is 3.25. The number of carbonyl (C=O) groups is 1. The average molecular weight is 339 g/mol. The fraction of sp³-hybridized carbons (Fsp3) is 0.400. The van der Waals surface area contributed by atoms with E-state index in [1.807, 2.05) is 41.3 Å². The van der Waals surface area contributed by atoms with E-state index < -0.39 is 0 Å². The minimum atomic E-state index is 0.111. The first-order chi connectivity index (χ1) is 12.1. The average Bonchev–Trinajstić information content (AvgIpc) is 2.63. The molecule has 0 bridgehead atoms. The van der Waals surface area contributed by atoms with Crippen LogP contribution in [0, 0.1) is 0 Å². The molecule has 2 aromatic rings. The van der Waals surface area contributed by atoms with E-state index in [0.29, 0.717) is 23.1 Å². The Morgan fingerprint density at radius 3 is 2.68 bits per heavy atom. The Morgan fingerprint density at radius 2 is 2.00 bits per heavy atom. The van der Waals surface area contributed by atoms with Gasteiger partial charge in [0.25, 0.3) is 5.91 Å². The molecule has 0 aliphatic carbocycles. The molecule has 3 rings (SSSR count). The van der Waals surface area contributed by atoms with E-state index in [4.69, 9.17) is 4.74 Å². The van der Waals surface area contributed by atoms with Crippen LogP contribution in [-0.2, 0) is 0 Å². The molecule has 2 heterocycles. The van der Waals surface area contributed by atoms with Crippen molar-refractivity contribution >= 4 is 5.91 Å². The number of likely N-dealkylation sites (N-methyl/N-ethyl adjacent to an activating group) is 1. The predicted molar refractivity (Wildman–Crippen MR) is 98.0 cm³/mol. The van der Waals surface area contributed by atoms with Crippen LogP contribution >= 0.6 is 0 Å². The van der Waals surface area contributed by atoms with Gasteiger partial charge in [0.05, 0.1) is 6.20 Å². The summed E-state index contributed by atoms with van der Waals surface area (Å²) in [6.07, 6.45) is 6.72. The van der Waals surface area contributed by atoms with Gasteiger partial charge in [0.1, 0.15) is 11.5 Å². The maximum absolute atomic E-state index is 12.9. The summed E-state index contributed by atoms with van der Waals surface area (Å²) in [6.45, 7) is 1.75. The monoisotopic (exact) mass is 339 g/mol. The lowest BCUT2D eigenvalue weighted by Crippen LogP contribution is -2.48. The quantitative estimate of drug-likeness (QED) is 0.837. The highest BCUT2D eigenvalue weighted by Gasteiger charge is 2.27. The molecule has 0 N–H and O–H groups in total. The van der Waals surface area contributed by atoms with Crippen molar-refractivity contribution in [1.29, 1.82) is 0 Å². The van der Waals surface area contributed by atoms with E-state index in [0.717, 1.165) is 25.9 Å². The highest BCUT2D eigenvalue weighted by atomic mass is 16.5. The normalized spacial score (nSPS) is 17.6. The second kappa shape index (κ2) is 8.12. The Balaban J connectivity index is 1.69. The zero-order valence-corrected chi connectivity index (χ0v) is 14.9. The lowest BCUT2D eigenvalue weighted by molar-refractivity contribution is 0.0575. The molecule has 1 saturated heterocycles. The van der Waals surface area contributed by atoms with Gasteiger partial charge < -0.3 is 14.5 Å². The van der Waals surface area contributed by atoms with Crippen LogP contribution in [-0.4, -0.2) is 53.9 Å². The van der Waals surface area contributed by atoms with Crippen molar-refractivity contribution in [3.8, 4) is 11.5 Å². The van der Waals surface area contributed by atoms with Crippen LogP contribution in [0.15, 0.2) is 48.8 Å². The molecule has 5 nitrogen and oxygen atoms in total. The molecule has 0 unspecified atom stereocenters. The smallest absolute Gasteiger partial charge is 0.254 e.